The Kier molecular flexibility index (Phi) is 24.7. The van der Waals surface area contributed by atoms with E-state index in [2.05, 4.69) is 11.8 Å². The van der Waals surface area contributed by atoms with Crippen LogP contribution in [0.2, 0.25) is 0 Å². The number of unbranched alkanes of at least 4 members (excludes halogenated alkanes) is 14. The van der Waals surface area contributed by atoms with Crippen LogP contribution in [0, 0.1) is 0 Å². The molecule has 0 aromatic carbocycles. The van der Waals surface area contributed by atoms with Crippen LogP contribution in [0.25, 0.3) is 0 Å². The fourth-order valence-electron chi connectivity index (χ4n) is 3.83. The summed E-state index contributed by atoms with van der Waals surface area (Å²) in [5.41, 5.74) is 0. The molecular weight excluding hydrogens is 437 g/mol. The first-order valence-electron chi connectivity index (χ1n) is 13.5. The summed E-state index contributed by atoms with van der Waals surface area (Å²) in [6.45, 7) is 5.36. The van der Waals surface area contributed by atoms with Crippen molar-refractivity contribution in [2.45, 2.75) is 129 Å². The van der Waals surface area contributed by atoms with Crippen molar-refractivity contribution in [3.8, 4) is 0 Å². The first kappa shape index (κ1) is 32.7. The van der Waals surface area contributed by atoms with Gasteiger partial charge < -0.3 is 23.6 Å². The van der Waals surface area contributed by atoms with Crippen LogP contribution in [-0.4, -0.2) is 55.7 Å². The third-order valence-corrected chi connectivity index (χ3v) is 6.56. The van der Waals surface area contributed by atoms with Gasteiger partial charge in [-0.15, -0.1) is 0 Å². The molecule has 0 aromatic rings. The summed E-state index contributed by atoms with van der Waals surface area (Å²) in [4.78, 5) is 23.4. The van der Waals surface area contributed by atoms with Gasteiger partial charge in [-0.1, -0.05) is 90.4 Å². The Morgan fingerprint density at radius 3 is 1.79 bits per heavy atom. The number of hydrogen-bond donors (Lipinski definition) is 1. The molecule has 0 fully saturated rings. The van der Waals surface area contributed by atoms with E-state index in [4.69, 9.17) is 13.8 Å². The van der Waals surface area contributed by atoms with E-state index < -0.39 is 8.60 Å². The molecule has 0 saturated heterocycles. The molecular formula is C26H54NO5P. The lowest BCUT2D eigenvalue weighted by Crippen LogP contribution is -2.21. The van der Waals surface area contributed by atoms with Gasteiger partial charge in [0.2, 0.25) is 0 Å². The Labute approximate surface area is 206 Å². The van der Waals surface area contributed by atoms with E-state index in [9.17, 15) is 9.69 Å². The zero-order valence-electron chi connectivity index (χ0n) is 22.2. The summed E-state index contributed by atoms with van der Waals surface area (Å²) < 4.78 is 16.1. The summed E-state index contributed by atoms with van der Waals surface area (Å²) in [7, 11) is 2.16. The molecule has 0 heterocycles. The number of esters is 1. The Morgan fingerprint density at radius 2 is 1.30 bits per heavy atom. The molecule has 0 rings (SSSR count). The van der Waals surface area contributed by atoms with Gasteiger partial charge in [-0.3, -0.25) is 4.79 Å². The van der Waals surface area contributed by atoms with Crippen molar-refractivity contribution in [1.82, 2.24) is 4.90 Å². The maximum Gasteiger partial charge on any atom is 0.329 e. The van der Waals surface area contributed by atoms with Gasteiger partial charge in [0.25, 0.3) is 0 Å². The zero-order valence-corrected chi connectivity index (χ0v) is 23.1. The molecule has 0 aliphatic carbocycles. The molecule has 0 aliphatic rings. The molecule has 1 N–H and O–H groups in total. The van der Waals surface area contributed by atoms with Gasteiger partial charge in [0.05, 0.1) is 13.2 Å². The van der Waals surface area contributed by atoms with Crippen LogP contribution in [0.5, 0.6) is 0 Å². The molecule has 0 bridgehead atoms. The predicted octanol–water partition coefficient (Wildman–Crippen LogP) is 7.38. The lowest BCUT2D eigenvalue weighted by atomic mass is 10.0. The minimum absolute atomic E-state index is 0.192. The van der Waals surface area contributed by atoms with Gasteiger partial charge >= 0.3 is 14.6 Å². The molecule has 2 atom stereocenters. The number of carbonyl (C=O) groups excluding carboxylic acids is 1. The third-order valence-electron chi connectivity index (χ3n) is 5.78. The number of ether oxygens (including phenoxy) is 1. The number of nitrogens with zero attached hydrogens (tertiary/aromatic N) is 1. The van der Waals surface area contributed by atoms with Gasteiger partial charge in [0, 0.05) is 6.92 Å². The van der Waals surface area contributed by atoms with Crippen LogP contribution in [0.1, 0.15) is 123 Å². The van der Waals surface area contributed by atoms with Crippen molar-refractivity contribution >= 4 is 14.6 Å². The van der Waals surface area contributed by atoms with Gasteiger partial charge in [-0.2, -0.15) is 0 Å². The van der Waals surface area contributed by atoms with E-state index in [0.717, 1.165) is 38.6 Å². The molecule has 0 radical (unpaired) electrons. The lowest BCUT2D eigenvalue weighted by molar-refractivity contribution is -0.148. The molecule has 0 saturated carbocycles. The molecule has 198 valence electrons. The van der Waals surface area contributed by atoms with Crippen molar-refractivity contribution in [2.24, 2.45) is 0 Å². The highest BCUT2D eigenvalue weighted by Gasteiger charge is 2.16. The Bertz CT molecular complexity index is 425. The van der Waals surface area contributed by atoms with Crippen molar-refractivity contribution in [1.29, 1.82) is 0 Å². The summed E-state index contributed by atoms with van der Waals surface area (Å²) in [5.74, 6) is -0.305. The Hall–Kier alpha value is -0.260. The van der Waals surface area contributed by atoms with E-state index in [-0.39, 0.29) is 18.7 Å². The van der Waals surface area contributed by atoms with Crippen molar-refractivity contribution in [3.63, 3.8) is 0 Å². The molecule has 7 heteroatoms. The van der Waals surface area contributed by atoms with Crippen LogP contribution in [-0.2, 0) is 18.6 Å². The monoisotopic (exact) mass is 491 g/mol. The van der Waals surface area contributed by atoms with Crippen molar-refractivity contribution in [3.05, 3.63) is 0 Å². The zero-order chi connectivity index (χ0) is 24.6. The topological polar surface area (TPSA) is 68.2 Å². The van der Waals surface area contributed by atoms with Crippen LogP contribution >= 0.6 is 8.60 Å². The van der Waals surface area contributed by atoms with Crippen LogP contribution in [0.3, 0.4) is 0 Å². The van der Waals surface area contributed by atoms with Crippen LogP contribution in [0.15, 0.2) is 0 Å². The average Bonchev–Trinajstić information content (AvgIpc) is 2.76. The van der Waals surface area contributed by atoms with E-state index >= 15 is 0 Å². The lowest BCUT2D eigenvalue weighted by Gasteiger charge is -2.18. The van der Waals surface area contributed by atoms with E-state index in [1.807, 2.05) is 14.1 Å². The second-order valence-corrected chi connectivity index (χ2v) is 10.5. The van der Waals surface area contributed by atoms with Gasteiger partial charge in [-0.05, 0) is 46.3 Å². The second kappa shape index (κ2) is 24.9. The smallest absolute Gasteiger partial charge is 0.329 e. The normalized spacial score (nSPS) is 13.4. The Morgan fingerprint density at radius 1 is 0.788 bits per heavy atom. The Balaban J connectivity index is 3.66. The van der Waals surface area contributed by atoms with E-state index in [1.54, 1.807) is 0 Å². The van der Waals surface area contributed by atoms with Gasteiger partial charge in [0.15, 0.2) is 0 Å². The van der Waals surface area contributed by atoms with E-state index in [1.165, 1.54) is 84.0 Å². The predicted molar refractivity (Wildman–Crippen MR) is 139 cm³/mol. The number of carbonyl (C=O) groups is 1. The van der Waals surface area contributed by atoms with Crippen molar-refractivity contribution < 1.29 is 23.5 Å². The average molecular weight is 492 g/mol. The molecule has 6 nitrogen and oxygen atoms in total. The molecule has 0 aliphatic heterocycles. The first-order chi connectivity index (χ1) is 16.0. The summed E-state index contributed by atoms with van der Waals surface area (Å²) in [5, 5.41) is 0. The molecule has 33 heavy (non-hydrogen) atoms. The van der Waals surface area contributed by atoms with Crippen LogP contribution < -0.4 is 0 Å². The van der Waals surface area contributed by atoms with Crippen molar-refractivity contribution in [2.75, 3.05) is 33.9 Å². The maximum atomic E-state index is 11.4. The largest absolute Gasteiger partial charge is 0.460 e. The summed E-state index contributed by atoms with van der Waals surface area (Å²) in [6, 6.07) is 0. The first-order valence-corrected chi connectivity index (χ1v) is 14.7. The molecule has 0 spiro atoms. The molecule has 0 amide bonds. The second-order valence-electron chi connectivity index (χ2n) is 9.49. The number of rotatable bonds is 25. The summed E-state index contributed by atoms with van der Waals surface area (Å²) >= 11 is 0. The summed E-state index contributed by atoms with van der Waals surface area (Å²) in [6.07, 6.45) is 20.8. The van der Waals surface area contributed by atoms with Crippen LogP contribution in [0.4, 0.5) is 0 Å². The maximum absolute atomic E-state index is 11.4. The quantitative estimate of drug-likeness (QED) is 0.0816. The number of hydrogen-bond acceptors (Lipinski definition) is 6. The van der Waals surface area contributed by atoms with Gasteiger partial charge in [0.1, 0.15) is 6.10 Å². The molecule has 0 aromatic heterocycles. The minimum atomic E-state index is -1.91. The minimum Gasteiger partial charge on any atom is -0.460 e. The standard InChI is InChI=1S/C26H54NO5P/c1-5-6-7-8-9-10-11-12-13-14-15-16-17-18-21-26(32-25(2)28)24-31-33(29)30-23-20-19-22-27(3)4/h26,29H,5-24H2,1-4H3. The third kappa shape index (κ3) is 26.2. The fraction of sp³-hybridized carbons (Fsp3) is 0.962. The highest BCUT2D eigenvalue weighted by atomic mass is 31.2. The SMILES string of the molecule is CCCCCCCCCCCCCCCCC(COP(O)OCCCCN(C)C)OC(C)=O. The van der Waals surface area contributed by atoms with Gasteiger partial charge in [-0.25, -0.2) is 0 Å². The highest BCUT2D eigenvalue weighted by molar-refractivity contribution is 7.40. The van der Waals surface area contributed by atoms with E-state index in [0.29, 0.717) is 6.61 Å². The fourth-order valence-corrected chi connectivity index (χ4v) is 4.49. The highest BCUT2D eigenvalue weighted by Crippen LogP contribution is 2.33. The molecule has 2 unspecified atom stereocenters.